The van der Waals surface area contributed by atoms with E-state index in [-0.39, 0.29) is 34.1 Å². The van der Waals surface area contributed by atoms with E-state index >= 15 is 0 Å². The summed E-state index contributed by atoms with van der Waals surface area (Å²) in [7, 11) is 1.34. The van der Waals surface area contributed by atoms with Gasteiger partial charge in [0.15, 0.2) is 5.78 Å². The quantitative estimate of drug-likeness (QED) is 0.0754. The van der Waals surface area contributed by atoms with Gasteiger partial charge in [-0.2, -0.15) is 0 Å². The molecule has 4 rings (SSSR count). The second kappa shape index (κ2) is 14.1. The van der Waals surface area contributed by atoms with Crippen molar-refractivity contribution < 1.29 is 35.1 Å². The lowest BCUT2D eigenvalue weighted by molar-refractivity contribution is 0.104. The lowest BCUT2D eigenvalue weighted by Crippen LogP contribution is -2.08. The molecule has 0 radical (unpaired) electrons. The Morgan fingerprint density at radius 3 is 2.17 bits per heavy atom. The maximum atomic E-state index is 13.3. The third-order valence-electron chi connectivity index (χ3n) is 6.98. The molecule has 7 heteroatoms. The highest BCUT2D eigenvalue weighted by Crippen LogP contribution is 2.45. The lowest BCUT2D eigenvalue weighted by atomic mass is 9.86. The second-order valence-electron chi connectivity index (χ2n) is 9.94. The molecular weight excluding hydrogens is 532 g/mol. The number of carbonyl (C=O) groups is 1. The molecule has 0 aliphatic heterocycles. The third-order valence-corrected chi connectivity index (χ3v) is 6.98. The summed E-state index contributed by atoms with van der Waals surface area (Å²) in [6.45, 7) is 0. The predicted octanol–water partition coefficient (Wildman–Crippen LogP) is 6.49. The average Bonchev–Trinajstić information content (AvgIpc) is 2.99. The molecule has 5 N–H and O–H groups in total. The molecule has 7 nitrogen and oxygen atoms in total. The first-order valence-electron chi connectivity index (χ1n) is 13.6. The zero-order valence-electron chi connectivity index (χ0n) is 23.2. The summed E-state index contributed by atoms with van der Waals surface area (Å²) in [5.41, 5.74) is 2.39. The molecule has 4 aromatic carbocycles. The van der Waals surface area contributed by atoms with Crippen LogP contribution >= 0.6 is 0 Å². The smallest absolute Gasteiger partial charge is 0.193 e. The Labute approximate surface area is 244 Å². The number of allylic oxidation sites excluding steroid dienone is 2. The van der Waals surface area contributed by atoms with Crippen LogP contribution in [0.2, 0.25) is 0 Å². The second-order valence-corrected chi connectivity index (χ2v) is 9.94. The van der Waals surface area contributed by atoms with E-state index < -0.39 is 23.6 Å². The van der Waals surface area contributed by atoms with Gasteiger partial charge in [-0.15, -0.1) is 0 Å². The summed E-state index contributed by atoms with van der Waals surface area (Å²) in [6, 6.07) is 23.7. The highest BCUT2D eigenvalue weighted by molar-refractivity contribution is 6.11. The number of aliphatic hydroxyl groups is 1. The van der Waals surface area contributed by atoms with Crippen LogP contribution in [0.15, 0.2) is 103 Å². The van der Waals surface area contributed by atoms with Crippen molar-refractivity contribution in [2.24, 2.45) is 0 Å². The number of hydrogen-bond acceptors (Lipinski definition) is 7. The van der Waals surface area contributed by atoms with Gasteiger partial charge < -0.3 is 30.3 Å². The maximum absolute atomic E-state index is 13.3. The van der Waals surface area contributed by atoms with Gasteiger partial charge in [0.1, 0.15) is 34.3 Å². The number of phenolic OH excluding ortho intramolecular Hbond substituents is 4. The molecule has 0 aliphatic carbocycles. The van der Waals surface area contributed by atoms with Gasteiger partial charge in [0.2, 0.25) is 0 Å². The number of aromatic hydroxyl groups is 4. The van der Waals surface area contributed by atoms with Crippen molar-refractivity contribution in [1.82, 2.24) is 0 Å². The van der Waals surface area contributed by atoms with Gasteiger partial charge in [0.25, 0.3) is 0 Å². The summed E-state index contributed by atoms with van der Waals surface area (Å²) in [5, 5.41) is 52.4. The molecule has 0 saturated carbocycles. The molecule has 0 aromatic heterocycles. The van der Waals surface area contributed by atoms with Crippen LogP contribution in [0.1, 0.15) is 51.4 Å². The van der Waals surface area contributed by atoms with Crippen molar-refractivity contribution in [1.29, 1.82) is 0 Å². The van der Waals surface area contributed by atoms with E-state index in [0.29, 0.717) is 24.0 Å². The first-order valence-corrected chi connectivity index (χ1v) is 13.6. The number of carbonyl (C=O) groups excluding carboxylic acids is 1. The maximum Gasteiger partial charge on any atom is 0.193 e. The lowest BCUT2D eigenvalue weighted by Gasteiger charge is -2.20. The van der Waals surface area contributed by atoms with Gasteiger partial charge in [-0.3, -0.25) is 4.79 Å². The summed E-state index contributed by atoms with van der Waals surface area (Å²) in [4.78, 5) is 13.3. The Kier molecular flexibility index (Phi) is 10.0. The summed E-state index contributed by atoms with van der Waals surface area (Å²) in [5.74, 6) is -1.85. The molecule has 0 amide bonds. The molecule has 2 atom stereocenters. The molecular formula is C35H34O7. The Bertz CT molecular complexity index is 1540. The average molecular weight is 567 g/mol. The van der Waals surface area contributed by atoms with Crippen LogP contribution in [-0.2, 0) is 6.42 Å². The van der Waals surface area contributed by atoms with Crippen molar-refractivity contribution in [2.45, 2.75) is 31.3 Å². The fourth-order valence-corrected chi connectivity index (χ4v) is 4.72. The summed E-state index contributed by atoms with van der Waals surface area (Å²) < 4.78 is 5.34. The van der Waals surface area contributed by atoms with Gasteiger partial charge in [-0.25, -0.2) is 0 Å². The Balaban J connectivity index is 1.65. The number of aryl methyl sites for hydroxylation is 1. The van der Waals surface area contributed by atoms with E-state index in [2.05, 4.69) is 0 Å². The summed E-state index contributed by atoms with van der Waals surface area (Å²) >= 11 is 0. The number of benzene rings is 4. The largest absolute Gasteiger partial charge is 0.508 e. The highest BCUT2D eigenvalue weighted by Gasteiger charge is 2.27. The van der Waals surface area contributed by atoms with Crippen molar-refractivity contribution in [2.75, 3.05) is 7.11 Å². The van der Waals surface area contributed by atoms with Crippen LogP contribution < -0.4 is 4.74 Å². The van der Waals surface area contributed by atoms with Crippen LogP contribution in [0.5, 0.6) is 28.7 Å². The minimum absolute atomic E-state index is 0.00104. The van der Waals surface area contributed by atoms with E-state index in [1.807, 2.05) is 30.3 Å². The number of ether oxygens (including phenoxy) is 1. The molecule has 0 saturated heterocycles. The van der Waals surface area contributed by atoms with E-state index in [0.717, 1.165) is 12.0 Å². The number of methoxy groups -OCH3 is 1. The van der Waals surface area contributed by atoms with Crippen LogP contribution in [0, 0.1) is 0 Å². The Hall–Kier alpha value is -5.01. The fourth-order valence-electron chi connectivity index (χ4n) is 4.72. The van der Waals surface area contributed by atoms with Crippen molar-refractivity contribution in [3.8, 4) is 28.7 Å². The third kappa shape index (κ3) is 7.59. The van der Waals surface area contributed by atoms with Gasteiger partial charge in [-0.1, -0.05) is 72.8 Å². The molecule has 0 aliphatic rings. The Morgan fingerprint density at radius 2 is 1.52 bits per heavy atom. The minimum atomic E-state index is -0.717. The molecule has 0 heterocycles. The first-order chi connectivity index (χ1) is 20.3. The monoisotopic (exact) mass is 566 g/mol. The van der Waals surface area contributed by atoms with Gasteiger partial charge in [0, 0.05) is 17.5 Å². The van der Waals surface area contributed by atoms with E-state index in [1.54, 1.807) is 42.5 Å². The van der Waals surface area contributed by atoms with E-state index in [4.69, 9.17) is 4.74 Å². The number of aliphatic hydroxyl groups excluding tert-OH is 1. The fraction of sp³-hybridized carbons (Fsp3) is 0.171. The van der Waals surface area contributed by atoms with E-state index in [9.17, 15) is 30.3 Å². The van der Waals surface area contributed by atoms with Crippen LogP contribution in [0.25, 0.3) is 6.08 Å². The minimum Gasteiger partial charge on any atom is -0.508 e. The topological polar surface area (TPSA) is 127 Å². The predicted molar refractivity (Wildman–Crippen MR) is 162 cm³/mol. The van der Waals surface area contributed by atoms with Gasteiger partial charge in [0.05, 0.1) is 13.2 Å². The van der Waals surface area contributed by atoms with E-state index in [1.165, 1.54) is 43.5 Å². The van der Waals surface area contributed by atoms with Crippen LogP contribution in [0.4, 0.5) is 0 Å². The molecule has 0 spiro atoms. The number of ketones is 1. The number of hydrogen-bond donors (Lipinski definition) is 5. The molecule has 0 bridgehead atoms. The van der Waals surface area contributed by atoms with Crippen molar-refractivity contribution in [3.05, 3.63) is 131 Å². The van der Waals surface area contributed by atoms with Gasteiger partial charge in [-0.05, 0) is 66.3 Å². The molecule has 0 fully saturated rings. The molecule has 0 unspecified atom stereocenters. The molecule has 4 aromatic rings. The standard InChI is InChI=1S/C35H34O7/c1-42-32-22-31(40)33(35(41)34(32)30(39)21-13-24-11-17-27(37)18-12-24)29(25-14-19-28(38)20-15-25)9-5-8-26(36)16-10-23-6-3-2-4-7-23/h2-7,9,11-15,17-22,26,29,36-38,40-41H,8,10,16H2,1H3/b9-5+,21-13+/t26-,29+/m1/s1. The Morgan fingerprint density at radius 1 is 0.881 bits per heavy atom. The van der Waals surface area contributed by atoms with Crippen molar-refractivity contribution >= 4 is 11.9 Å². The van der Waals surface area contributed by atoms with Gasteiger partial charge >= 0.3 is 0 Å². The molecule has 42 heavy (non-hydrogen) atoms. The zero-order valence-corrected chi connectivity index (χ0v) is 23.2. The van der Waals surface area contributed by atoms with Crippen LogP contribution in [0.3, 0.4) is 0 Å². The number of rotatable bonds is 12. The highest BCUT2D eigenvalue weighted by atomic mass is 16.5. The molecule has 216 valence electrons. The SMILES string of the molecule is COc1cc(O)c([C@@H](/C=C/C[C@@H](O)CCc2ccccc2)c2ccc(O)cc2)c(O)c1C(=O)/C=C/c1ccc(O)cc1. The van der Waals surface area contributed by atoms with Crippen molar-refractivity contribution in [3.63, 3.8) is 0 Å². The summed E-state index contributed by atoms with van der Waals surface area (Å²) in [6.07, 6.45) is 7.36. The first kappa shape index (κ1) is 30.0. The normalized spacial score (nSPS) is 12.9. The number of phenols is 4. The zero-order chi connectivity index (χ0) is 30.1. The van der Waals surface area contributed by atoms with Crippen LogP contribution in [-0.4, -0.2) is 44.5 Å².